The van der Waals surface area contributed by atoms with Crippen molar-refractivity contribution in [3.8, 4) is 11.1 Å². The van der Waals surface area contributed by atoms with E-state index in [0.717, 1.165) is 6.20 Å². The number of nitrogens with zero attached hydrogens (tertiary/aromatic N) is 5. The van der Waals surface area contributed by atoms with Crippen molar-refractivity contribution < 1.29 is 23.0 Å². The number of carbonyl (C=O) groups excluding carboxylic acids is 1. The van der Waals surface area contributed by atoms with Crippen molar-refractivity contribution >= 4 is 23.6 Å². The van der Waals surface area contributed by atoms with Gasteiger partial charge in [0.15, 0.2) is 23.1 Å². The first-order valence-electron chi connectivity index (χ1n) is 10.3. The lowest BCUT2D eigenvalue weighted by Gasteiger charge is -2.35. The molecule has 0 bridgehead atoms. The predicted octanol–water partition coefficient (Wildman–Crippen LogP) is 3.36. The van der Waals surface area contributed by atoms with Crippen LogP contribution in [0.4, 0.5) is 26.4 Å². The van der Waals surface area contributed by atoms with E-state index in [9.17, 15) is 13.6 Å². The second-order valence-corrected chi connectivity index (χ2v) is 7.64. The van der Waals surface area contributed by atoms with Crippen molar-refractivity contribution in [2.75, 3.05) is 30.4 Å². The first-order valence-corrected chi connectivity index (χ1v) is 10.3. The third-order valence-corrected chi connectivity index (χ3v) is 5.01. The normalized spacial score (nSPS) is 18.2. The number of hydrogen-bond acceptors (Lipinski definition) is 9. The fourth-order valence-electron chi connectivity index (χ4n) is 3.61. The number of aromatic nitrogens is 4. The lowest BCUT2D eigenvalue weighted by atomic mass is 10.0. The highest BCUT2D eigenvalue weighted by Gasteiger charge is 2.25. The Morgan fingerprint density at radius 2 is 1.85 bits per heavy atom. The van der Waals surface area contributed by atoms with Gasteiger partial charge in [-0.25, -0.2) is 18.6 Å². The Kier molecular flexibility index (Phi) is 6.40. The van der Waals surface area contributed by atoms with Crippen molar-refractivity contribution in [1.29, 1.82) is 0 Å². The van der Waals surface area contributed by atoms with E-state index in [4.69, 9.17) is 9.47 Å². The third kappa shape index (κ3) is 5.03. The van der Waals surface area contributed by atoms with Gasteiger partial charge in [0.25, 0.3) is 0 Å². The molecule has 0 unspecified atom stereocenters. The minimum atomic E-state index is -0.709. The van der Waals surface area contributed by atoms with Gasteiger partial charge in [-0.05, 0) is 37.6 Å². The number of esters is 1. The largest absolute Gasteiger partial charge is 0.464 e. The fraction of sp³-hybridized carbons (Fsp3) is 0.318. The molecule has 3 heterocycles. The van der Waals surface area contributed by atoms with Crippen LogP contribution in [0.5, 0.6) is 0 Å². The van der Waals surface area contributed by atoms with E-state index in [1.165, 1.54) is 37.4 Å². The van der Waals surface area contributed by atoms with Crippen LogP contribution in [0.1, 0.15) is 24.3 Å². The summed E-state index contributed by atoms with van der Waals surface area (Å²) in [7, 11) is 1.22. The molecule has 9 nitrogen and oxygen atoms in total. The Bertz CT molecular complexity index is 1150. The van der Waals surface area contributed by atoms with Crippen LogP contribution in [0, 0.1) is 11.6 Å². The minimum absolute atomic E-state index is 0.0196. The lowest BCUT2D eigenvalue weighted by Crippen LogP contribution is -2.46. The van der Waals surface area contributed by atoms with Crippen molar-refractivity contribution in [2.24, 2.45) is 0 Å². The molecule has 1 aromatic carbocycles. The monoisotopic (exact) mass is 456 g/mol. The minimum Gasteiger partial charge on any atom is -0.464 e. The van der Waals surface area contributed by atoms with E-state index in [0.29, 0.717) is 30.2 Å². The summed E-state index contributed by atoms with van der Waals surface area (Å²) in [6.07, 6.45) is 1.04. The molecule has 1 aliphatic rings. The zero-order valence-electron chi connectivity index (χ0n) is 18.2. The van der Waals surface area contributed by atoms with Gasteiger partial charge in [-0.2, -0.15) is 4.98 Å². The molecule has 0 saturated carbocycles. The summed E-state index contributed by atoms with van der Waals surface area (Å²) in [4.78, 5) is 22.5. The number of nitrogens with one attached hydrogen (secondary N) is 1. The van der Waals surface area contributed by atoms with Gasteiger partial charge in [0.05, 0.1) is 25.5 Å². The number of halogens is 2. The number of methoxy groups -OCH3 is 1. The molecule has 2 aromatic heterocycles. The van der Waals surface area contributed by atoms with E-state index in [1.54, 1.807) is 0 Å². The van der Waals surface area contributed by atoms with Gasteiger partial charge < -0.3 is 19.7 Å². The van der Waals surface area contributed by atoms with Gasteiger partial charge >= 0.3 is 5.97 Å². The maximum atomic E-state index is 14.5. The lowest BCUT2D eigenvalue weighted by molar-refractivity contribution is -0.00572. The van der Waals surface area contributed by atoms with Crippen LogP contribution < -0.4 is 10.2 Å². The van der Waals surface area contributed by atoms with Gasteiger partial charge in [0.2, 0.25) is 5.95 Å². The van der Waals surface area contributed by atoms with Crippen LogP contribution in [-0.2, 0) is 9.47 Å². The standard InChI is InChI=1S/C22H22F2N6O3/c1-12-10-30(11-13(2)33-12)22-25-9-17(24)20(27-22)26-18-8-16(14-4-6-15(23)7-5-14)19(29-28-18)21(31)32-3/h4-9,12-13H,10-11H2,1-3H3,(H,25,26,27,28)/t12-,13+. The molecule has 33 heavy (non-hydrogen) atoms. The first kappa shape index (κ1) is 22.5. The van der Waals surface area contributed by atoms with Gasteiger partial charge in [0, 0.05) is 18.7 Å². The summed E-state index contributed by atoms with van der Waals surface area (Å²) < 4.78 is 38.4. The maximum absolute atomic E-state index is 14.5. The molecule has 0 amide bonds. The molecule has 1 N–H and O–H groups in total. The molecule has 1 saturated heterocycles. The summed E-state index contributed by atoms with van der Waals surface area (Å²) in [5, 5.41) is 10.7. The van der Waals surface area contributed by atoms with Crippen molar-refractivity contribution in [3.05, 3.63) is 53.9 Å². The van der Waals surface area contributed by atoms with Gasteiger partial charge in [-0.15, -0.1) is 10.2 Å². The van der Waals surface area contributed by atoms with E-state index < -0.39 is 17.6 Å². The summed E-state index contributed by atoms with van der Waals surface area (Å²) in [5.41, 5.74) is 0.787. The Morgan fingerprint density at radius 3 is 2.52 bits per heavy atom. The molecule has 11 heteroatoms. The number of benzene rings is 1. The summed E-state index contributed by atoms with van der Waals surface area (Å²) >= 11 is 0. The number of ether oxygens (including phenoxy) is 2. The Morgan fingerprint density at radius 1 is 1.15 bits per heavy atom. The number of anilines is 3. The van der Waals surface area contributed by atoms with Crippen LogP contribution in [0.2, 0.25) is 0 Å². The maximum Gasteiger partial charge on any atom is 0.359 e. The molecule has 0 radical (unpaired) electrons. The zero-order valence-corrected chi connectivity index (χ0v) is 18.2. The van der Waals surface area contributed by atoms with Crippen molar-refractivity contribution in [3.63, 3.8) is 0 Å². The summed E-state index contributed by atoms with van der Waals surface area (Å²) in [6.45, 7) is 5.02. The topological polar surface area (TPSA) is 102 Å². The summed E-state index contributed by atoms with van der Waals surface area (Å²) in [6, 6.07) is 6.99. The molecule has 4 rings (SSSR count). The van der Waals surface area contributed by atoms with E-state index in [2.05, 4.69) is 25.5 Å². The molecule has 3 aromatic rings. The quantitative estimate of drug-likeness (QED) is 0.579. The molecular formula is C22H22F2N6O3. The van der Waals surface area contributed by atoms with Crippen molar-refractivity contribution in [1.82, 2.24) is 20.2 Å². The van der Waals surface area contributed by atoms with Crippen LogP contribution in [-0.4, -0.2) is 58.5 Å². The van der Waals surface area contributed by atoms with Crippen LogP contribution in [0.3, 0.4) is 0 Å². The molecule has 2 atom stereocenters. The highest BCUT2D eigenvalue weighted by Crippen LogP contribution is 2.27. The smallest absolute Gasteiger partial charge is 0.359 e. The SMILES string of the molecule is COC(=O)c1nnc(Nc2nc(N3C[C@@H](C)O[C@@H](C)C3)ncc2F)cc1-c1ccc(F)cc1. The average Bonchev–Trinajstić information content (AvgIpc) is 2.80. The number of hydrogen-bond donors (Lipinski definition) is 1. The molecule has 172 valence electrons. The number of rotatable bonds is 5. The third-order valence-electron chi connectivity index (χ3n) is 5.01. The second kappa shape index (κ2) is 9.41. The van der Waals surface area contributed by atoms with Gasteiger partial charge in [-0.3, -0.25) is 0 Å². The van der Waals surface area contributed by atoms with Gasteiger partial charge in [0.1, 0.15) is 5.82 Å². The molecule has 0 aliphatic carbocycles. The van der Waals surface area contributed by atoms with Crippen LogP contribution >= 0.6 is 0 Å². The van der Waals surface area contributed by atoms with Crippen LogP contribution in [0.25, 0.3) is 11.1 Å². The Labute approximate surface area is 188 Å². The van der Waals surface area contributed by atoms with Crippen molar-refractivity contribution in [2.45, 2.75) is 26.1 Å². The number of morpholine rings is 1. The Balaban J connectivity index is 1.67. The van der Waals surface area contributed by atoms with E-state index in [-0.39, 0.29) is 29.5 Å². The van der Waals surface area contributed by atoms with Crippen LogP contribution in [0.15, 0.2) is 36.5 Å². The molecule has 1 fully saturated rings. The highest BCUT2D eigenvalue weighted by atomic mass is 19.1. The fourth-order valence-corrected chi connectivity index (χ4v) is 3.61. The second-order valence-electron chi connectivity index (χ2n) is 7.64. The highest BCUT2D eigenvalue weighted by molar-refractivity contribution is 5.95. The predicted molar refractivity (Wildman–Crippen MR) is 116 cm³/mol. The average molecular weight is 456 g/mol. The molecule has 1 aliphatic heterocycles. The van der Waals surface area contributed by atoms with E-state index in [1.807, 2.05) is 18.7 Å². The zero-order chi connectivity index (χ0) is 23.5. The van der Waals surface area contributed by atoms with Gasteiger partial charge in [-0.1, -0.05) is 12.1 Å². The van der Waals surface area contributed by atoms with E-state index >= 15 is 0 Å². The number of carbonyl (C=O) groups is 1. The molecule has 0 spiro atoms. The summed E-state index contributed by atoms with van der Waals surface area (Å²) in [5.74, 6) is -1.44. The first-order chi connectivity index (χ1) is 15.8. The molecular weight excluding hydrogens is 434 g/mol. The Hall–Kier alpha value is -3.73.